The van der Waals surface area contributed by atoms with Gasteiger partial charge in [0.2, 0.25) is 5.95 Å². The molecule has 0 atom stereocenters. The van der Waals surface area contributed by atoms with Crippen molar-refractivity contribution in [3.8, 4) is 0 Å². The van der Waals surface area contributed by atoms with Gasteiger partial charge in [0.15, 0.2) is 11.2 Å². The molecule has 1 fully saturated rings. The Kier molecular flexibility index (Phi) is 5.59. The molecule has 11 nitrogen and oxygen atoms in total. The Morgan fingerprint density at radius 3 is 2.48 bits per heavy atom. The zero-order valence-corrected chi connectivity index (χ0v) is 17.8. The highest BCUT2D eigenvalue weighted by molar-refractivity contribution is 5.88. The number of anilines is 1. The molecule has 164 valence electrons. The lowest BCUT2D eigenvalue weighted by molar-refractivity contribution is 0.0458. The Morgan fingerprint density at radius 1 is 1.06 bits per heavy atom. The van der Waals surface area contributed by atoms with E-state index in [1.165, 1.54) is 17.8 Å². The van der Waals surface area contributed by atoms with E-state index in [0.717, 1.165) is 17.7 Å². The maximum absolute atomic E-state index is 12.6. The van der Waals surface area contributed by atoms with E-state index in [9.17, 15) is 14.4 Å². The van der Waals surface area contributed by atoms with Gasteiger partial charge in [0.05, 0.1) is 5.56 Å². The summed E-state index contributed by atoms with van der Waals surface area (Å²) in [4.78, 5) is 49.6. The molecule has 0 unspecified atom stereocenters. The number of hydrogen-bond donors (Lipinski definition) is 0. The Hall–Kier alpha value is -3.47. The molecule has 31 heavy (non-hydrogen) atoms. The largest absolute Gasteiger partial charge is 0.461 e. The van der Waals surface area contributed by atoms with Crippen LogP contribution in [0.3, 0.4) is 0 Å². The van der Waals surface area contributed by atoms with E-state index < -0.39 is 5.69 Å². The van der Waals surface area contributed by atoms with Gasteiger partial charge in [-0.05, 0) is 12.1 Å². The van der Waals surface area contributed by atoms with Gasteiger partial charge >= 0.3 is 11.7 Å². The number of esters is 1. The summed E-state index contributed by atoms with van der Waals surface area (Å²) in [7, 11) is 4.88. The van der Waals surface area contributed by atoms with Gasteiger partial charge in [0.1, 0.15) is 6.61 Å². The van der Waals surface area contributed by atoms with E-state index in [4.69, 9.17) is 4.74 Å². The molecule has 1 saturated heterocycles. The smallest absolute Gasteiger partial charge is 0.339 e. The number of aryl methyl sites for hydroxylation is 2. The Morgan fingerprint density at radius 2 is 1.81 bits per heavy atom. The minimum absolute atomic E-state index is 0.304. The predicted octanol–water partition coefficient (Wildman–Crippen LogP) is -0.655. The Balaban J connectivity index is 1.38. The summed E-state index contributed by atoms with van der Waals surface area (Å²) in [5.41, 5.74) is 0.482. The molecule has 0 bridgehead atoms. The molecule has 11 heteroatoms. The van der Waals surface area contributed by atoms with Crippen LogP contribution in [-0.2, 0) is 25.9 Å². The number of nitrogens with zero attached hydrogens (tertiary/aromatic N) is 7. The standard InChI is InChI=1S/C20H25N7O4/c1-23-15-16(24(2)20(30)25(3)17(15)28)22-19(23)27-9-7-26(8-10-27)11-12-31-18(29)14-5-4-6-21-13-14/h4-6,13H,7-12H2,1-3H3. The fourth-order valence-corrected chi connectivity index (χ4v) is 3.80. The summed E-state index contributed by atoms with van der Waals surface area (Å²) in [5.74, 6) is 0.287. The summed E-state index contributed by atoms with van der Waals surface area (Å²) >= 11 is 0. The third-order valence-electron chi connectivity index (χ3n) is 5.64. The van der Waals surface area contributed by atoms with Gasteiger partial charge in [-0.25, -0.2) is 9.59 Å². The SMILES string of the molecule is Cn1c(=O)c2c(nc(N3CCN(CCOC(=O)c4cccnc4)CC3)n2C)n(C)c1=O. The number of rotatable bonds is 5. The van der Waals surface area contributed by atoms with E-state index >= 15 is 0 Å². The second-order valence-corrected chi connectivity index (χ2v) is 7.56. The molecular formula is C20H25N7O4. The van der Waals surface area contributed by atoms with E-state index in [-0.39, 0.29) is 11.5 Å². The monoisotopic (exact) mass is 427 g/mol. The summed E-state index contributed by atoms with van der Waals surface area (Å²) in [5, 5.41) is 0. The lowest BCUT2D eigenvalue weighted by Gasteiger charge is -2.35. The minimum atomic E-state index is -0.396. The molecule has 0 aliphatic carbocycles. The fourth-order valence-electron chi connectivity index (χ4n) is 3.80. The normalized spacial score (nSPS) is 14.9. The molecule has 1 aliphatic heterocycles. The van der Waals surface area contributed by atoms with E-state index in [1.807, 2.05) is 0 Å². The van der Waals surface area contributed by atoms with Crippen LogP contribution in [0.2, 0.25) is 0 Å². The number of aromatic nitrogens is 5. The van der Waals surface area contributed by atoms with E-state index in [1.54, 1.807) is 37.0 Å². The molecule has 0 saturated carbocycles. The second-order valence-electron chi connectivity index (χ2n) is 7.56. The van der Waals surface area contributed by atoms with Gasteiger partial charge in [-0.2, -0.15) is 4.98 Å². The number of pyridine rings is 1. The van der Waals surface area contributed by atoms with Crippen LogP contribution < -0.4 is 16.1 Å². The second kappa shape index (κ2) is 8.34. The maximum atomic E-state index is 12.6. The first-order valence-corrected chi connectivity index (χ1v) is 10.1. The van der Waals surface area contributed by atoms with Crippen molar-refractivity contribution in [3.63, 3.8) is 0 Å². The number of fused-ring (bicyclic) bond motifs is 1. The molecule has 4 rings (SSSR count). The van der Waals surface area contributed by atoms with Crippen LogP contribution in [0.5, 0.6) is 0 Å². The summed E-state index contributed by atoms with van der Waals surface area (Å²) in [6.07, 6.45) is 3.10. The quantitative estimate of drug-likeness (QED) is 0.494. The summed E-state index contributed by atoms with van der Waals surface area (Å²) < 4.78 is 9.57. The molecule has 0 radical (unpaired) electrons. The van der Waals surface area contributed by atoms with Crippen molar-refractivity contribution in [2.24, 2.45) is 21.1 Å². The first-order valence-electron chi connectivity index (χ1n) is 10.1. The first-order chi connectivity index (χ1) is 14.9. The van der Waals surface area contributed by atoms with Crippen molar-refractivity contribution in [2.75, 3.05) is 44.2 Å². The van der Waals surface area contributed by atoms with E-state index in [2.05, 4.69) is 19.8 Å². The third kappa shape index (κ3) is 3.83. The van der Waals surface area contributed by atoms with Crippen LogP contribution >= 0.6 is 0 Å². The molecule has 3 aromatic heterocycles. The number of piperazine rings is 1. The van der Waals surface area contributed by atoms with Crippen molar-refractivity contribution in [3.05, 3.63) is 50.9 Å². The number of carbonyl (C=O) groups is 1. The van der Waals surface area contributed by atoms with Crippen molar-refractivity contribution >= 4 is 23.1 Å². The van der Waals surface area contributed by atoms with Crippen LogP contribution in [0.1, 0.15) is 10.4 Å². The van der Waals surface area contributed by atoms with Crippen molar-refractivity contribution in [1.82, 2.24) is 28.6 Å². The lowest BCUT2D eigenvalue weighted by Crippen LogP contribution is -2.48. The minimum Gasteiger partial charge on any atom is -0.461 e. The average molecular weight is 427 g/mol. The van der Waals surface area contributed by atoms with Gasteiger partial charge < -0.3 is 14.2 Å². The van der Waals surface area contributed by atoms with Crippen molar-refractivity contribution in [2.45, 2.75) is 0 Å². The van der Waals surface area contributed by atoms with E-state index in [0.29, 0.717) is 48.9 Å². The number of carbonyl (C=O) groups excluding carboxylic acids is 1. The summed E-state index contributed by atoms with van der Waals surface area (Å²) in [6.45, 7) is 3.90. The topological polar surface area (TPSA) is 107 Å². The summed E-state index contributed by atoms with van der Waals surface area (Å²) in [6, 6.07) is 3.37. The van der Waals surface area contributed by atoms with Crippen LogP contribution in [0.15, 0.2) is 34.1 Å². The van der Waals surface area contributed by atoms with Gasteiger partial charge in [-0.15, -0.1) is 0 Å². The fraction of sp³-hybridized carbons (Fsp3) is 0.450. The highest BCUT2D eigenvalue weighted by Gasteiger charge is 2.24. The predicted molar refractivity (Wildman–Crippen MR) is 114 cm³/mol. The average Bonchev–Trinajstić information content (AvgIpc) is 3.14. The molecule has 0 amide bonds. The van der Waals surface area contributed by atoms with Crippen LogP contribution in [-0.4, -0.2) is 73.9 Å². The molecule has 0 aromatic carbocycles. The lowest BCUT2D eigenvalue weighted by atomic mass is 10.3. The highest BCUT2D eigenvalue weighted by Crippen LogP contribution is 2.19. The zero-order chi connectivity index (χ0) is 22.1. The maximum Gasteiger partial charge on any atom is 0.339 e. The molecule has 0 N–H and O–H groups in total. The Bertz CT molecular complexity index is 1220. The number of imidazole rings is 1. The highest BCUT2D eigenvalue weighted by atomic mass is 16.5. The number of hydrogen-bond acceptors (Lipinski definition) is 8. The van der Waals surface area contributed by atoms with Gasteiger partial charge in [0, 0.05) is 66.3 Å². The molecule has 3 aromatic rings. The van der Waals surface area contributed by atoms with Crippen LogP contribution in [0.4, 0.5) is 5.95 Å². The zero-order valence-electron chi connectivity index (χ0n) is 17.8. The third-order valence-corrected chi connectivity index (χ3v) is 5.64. The van der Waals surface area contributed by atoms with Gasteiger partial charge in [0.25, 0.3) is 5.56 Å². The molecule has 1 aliphatic rings. The first kappa shape index (κ1) is 20.8. The van der Waals surface area contributed by atoms with Gasteiger partial charge in [-0.3, -0.25) is 23.8 Å². The van der Waals surface area contributed by atoms with Crippen molar-refractivity contribution in [1.29, 1.82) is 0 Å². The molecule has 0 spiro atoms. The molecular weight excluding hydrogens is 402 g/mol. The number of ether oxygens (including phenoxy) is 1. The van der Waals surface area contributed by atoms with Crippen LogP contribution in [0.25, 0.3) is 11.2 Å². The van der Waals surface area contributed by atoms with Crippen LogP contribution in [0, 0.1) is 0 Å². The molecule has 4 heterocycles. The Labute approximate surface area is 178 Å². The van der Waals surface area contributed by atoms with Crippen molar-refractivity contribution < 1.29 is 9.53 Å². The van der Waals surface area contributed by atoms with Gasteiger partial charge in [-0.1, -0.05) is 0 Å².